The maximum Gasteiger partial charge on any atom is 0.0726 e. The number of para-hydroxylation sites is 1. The second kappa shape index (κ2) is 9.03. The van der Waals surface area contributed by atoms with Gasteiger partial charge in [0.15, 0.2) is 0 Å². The summed E-state index contributed by atoms with van der Waals surface area (Å²) in [5.74, 6) is 0. The molecule has 2 heterocycles. The van der Waals surface area contributed by atoms with Crippen molar-refractivity contribution >= 4 is 85.6 Å². The van der Waals surface area contributed by atoms with E-state index in [0.29, 0.717) is 0 Å². The van der Waals surface area contributed by atoms with Crippen LogP contribution in [0.25, 0.3) is 91.1 Å². The Morgan fingerprint density at radius 3 is 1.93 bits per heavy atom. The van der Waals surface area contributed by atoms with Crippen molar-refractivity contribution in [1.29, 1.82) is 0 Å². The molecule has 0 amide bonds. The summed E-state index contributed by atoms with van der Waals surface area (Å²) in [5.41, 5.74) is 6.19. The van der Waals surface area contributed by atoms with Gasteiger partial charge < -0.3 is 4.57 Å². The van der Waals surface area contributed by atoms with Crippen LogP contribution in [-0.2, 0) is 0 Å². The van der Waals surface area contributed by atoms with Crippen molar-refractivity contribution in [2.24, 2.45) is 0 Å². The van der Waals surface area contributed by atoms with E-state index < -0.39 is 0 Å². The molecule has 0 saturated carbocycles. The van der Waals surface area contributed by atoms with Crippen LogP contribution in [0.4, 0.5) is 0 Å². The summed E-state index contributed by atoms with van der Waals surface area (Å²) in [6, 6.07) is 55.8. The second-order valence-corrected chi connectivity index (χ2v) is 12.7. The average molecular weight is 576 g/mol. The van der Waals surface area contributed by atoms with Crippen LogP contribution in [0.1, 0.15) is 0 Å². The summed E-state index contributed by atoms with van der Waals surface area (Å²) in [4.78, 5) is 0. The van der Waals surface area contributed by atoms with Crippen LogP contribution in [0.3, 0.4) is 0 Å². The fourth-order valence-electron chi connectivity index (χ4n) is 7.48. The van der Waals surface area contributed by atoms with Crippen LogP contribution in [0.2, 0.25) is 0 Å². The van der Waals surface area contributed by atoms with Crippen molar-refractivity contribution in [3.63, 3.8) is 0 Å². The third-order valence-corrected chi connectivity index (χ3v) is 10.5. The summed E-state index contributed by atoms with van der Waals surface area (Å²) in [6.07, 6.45) is 0. The van der Waals surface area contributed by atoms with Crippen molar-refractivity contribution < 1.29 is 0 Å². The first-order valence-corrected chi connectivity index (χ1v) is 15.9. The standard InChI is InChI=1S/C42H25NS/c1-2-12-26(13-3-1)35-24-28(25-36-29-15-5-4-14-27(29)22-23-30(35)36)43-37-20-10-8-18-33(37)39-31-16-6-7-17-32(31)40-34-19-9-11-21-38(34)44-42(40)41(39)43/h1-25H. The largest absolute Gasteiger partial charge is 0.308 e. The fraction of sp³-hybridized carbons (Fsp3) is 0. The number of hydrogen-bond acceptors (Lipinski definition) is 1. The monoisotopic (exact) mass is 575 g/mol. The predicted molar refractivity (Wildman–Crippen MR) is 192 cm³/mol. The Morgan fingerprint density at radius 2 is 1.09 bits per heavy atom. The van der Waals surface area contributed by atoms with Crippen LogP contribution in [-0.4, -0.2) is 4.57 Å². The lowest BCUT2D eigenvalue weighted by Gasteiger charge is -2.16. The van der Waals surface area contributed by atoms with Crippen molar-refractivity contribution in [1.82, 2.24) is 4.57 Å². The van der Waals surface area contributed by atoms with Gasteiger partial charge in [-0.05, 0) is 67.7 Å². The van der Waals surface area contributed by atoms with Gasteiger partial charge in [0.25, 0.3) is 0 Å². The first-order chi connectivity index (χ1) is 21.8. The lowest BCUT2D eigenvalue weighted by atomic mass is 9.94. The Morgan fingerprint density at radius 1 is 0.432 bits per heavy atom. The molecule has 2 aromatic heterocycles. The molecule has 0 bridgehead atoms. The first kappa shape index (κ1) is 24.0. The maximum absolute atomic E-state index is 2.54. The quantitative estimate of drug-likeness (QED) is 0.181. The molecular weight excluding hydrogens is 551 g/mol. The molecule has 0 fully saturated rings. The molecular formula is C42H25NS. The number of rotatable bonds is 2. The third kappa shape index (κ3) is 3.23. The van der Waals surface area contributed by atoms with E-state index in [4.69, 9.17) is 0 Å². The topological polar surface area (TPSA) is 4.93 Å². The Bertz CT molecular complexity index is 2760. The van der Waals surface area contributed by atoms with Crippen LogP contribution < -0.4 is 0 Å². The molecule has 0 spiro atoms. The fourth-order valence-corrected chi connectivity index (χ4v) is 8.74. The van der Waals surface area contributed by atoms with Gasteiger partial charge in [-0.3, -0.25) is 0 Å². The molecule has 44 heavy (non-hydrogen) atoms. The highest BCUT2D eigenvalue weighted by Gasteiger charge is 2.22. The molecule has 10 aromatic rings. The van der Waals surface area contributed by atoms with Crippen LogP contribution in [0.5, 0.6) is 0 Å². The summed E-state index contributed by atoms with van der Waals surface area (Å²) in [7, 11) is 0. The van der Waals surface area contributed by atoms with Gasteiger partial charge in [0.05, 0.1) is 15.7 Å². The Hall–Kier alpha value is -5.44. The van der Waals surface area contributed by atoms with Crippen LogP contribution in [0.15, 0.2) is 152 Å². The van der Waals surface area contributed by atoms with Crippen molar-refractivity contribution in [2.45, 2.75) is 0 Å². The first-order valence-electron chi connectivity index (χ1n) is 15.1. The molecule has 0 unspecified atom stereocenters. The molecule has 0 saturated heterocycles. The average Bonchev–Trinajstić information content (AvgIpc) is 3.65. The summed E-state index contributed by atoms with van der Waals surface area (Å²) < 4.78 is 5.21. The SMILES string of the molecule is c1ccc(-c2cc(-n3c4ccccc4c4c5ccccc5c5c6ccccc6sc5c43)cc3c2ccc2ccccc23)cc1. The van der Waals surface area contributed by atoms with Crippen LogP contribution in [0, 0.1) is 0 Å². The van der Waals surface area contributed by atoms with Gasteiger partial charge in [0.2, 0.25) is 0 Å². The normalized spacial score (nSPS) is 12.1. The van der Waals surface area contributed by atoms with Crippen LogP contribution >= 0.6 is 11.3 Å². The molecule has 0 aliphatic carbocycles. The van der Waals surface area contributed by atoms with Gasteiger partial charge in [0.1, 0.15) is 0 Å². The van der Waals surface area contributed by atoms with E-state index in [2.05, 4.69) is 156 Å². The number of aromatic nitrogens is 1. The molecule has 0 radical (unpaired) electrons. The number of thiophene rings is 1. The molecule has 0 aliphatic rings. The lowest BCUT2D eigenvalue weighted by molar-refractivity contribution is 1.19. The van der Waals surface area contributed by atoms with Crippen molar-refractivity contribution in [3.05, 3.63) is 152 Å². The number of benzene rings is 8. The van der Waals surface area contributed by atoms with E-state index in [1.165, 1.54) is 91.1 Å². The Balaban J connectivity index is 1.47. The number of nitrogens with zero attached hydrogens (tertiary/aromatic N) is 1. The van der Waals surface area contributed by atoms with E-state index in [9.17, 15) is 0 Å². The summed E-state index contributed by atoms with van der Waals surface area (Å²) in [6.45, 7) is 0. The summed E-state index contributed by atoms with van der Waals surface area (Å²) in [5, 5.41) is 13.0. The zero-order chi connectivity index (χ0) is 28.8. The van der Waals surface area contributed by atoms with Gasteiger partial charge in [0, 0.05) is 31.9 Å². The highest BCUT2D eigenvalue weighted by atomic mass is 32.1. The van der Waals surface area contributed by atoms with E-state index >= 15 is 0 Å². The van der Waals surface area contributed by atoms with E-state index in [0.717, 1.165) is 0 Å². The van der Waals surface area contributed by atoms with Crippen molar-refractivity contribution in [2.75, 3.05) is 0 Å². The van der Waals surface area contributed by atoms with E-state index in [-0.39, 0.29) is 0 Å². The highest BCUT2D eigenvalue weighted by Crippen LogP contribution is 2.48. The van der Waals surface area contributed by atoms with E-state index in [1.54, 1.807) is 0 Å². The molecule has 8 aromatic carbocycles. The zero-order valence-electron chi connectivity index (χ0n) is 23.8. The van der Waals surface area contributed by atoms with Gasteiger partial charge >= 0.3 is 0 Å². The number of hydrogen-bond donors (Lipinski definition) is 0. The molecule has 10 rings (SSSR count). The Labute approximate surface area is 257 Å². The Kier molecular flexibility index (Phi) is 4.94. The lowest BCUT2D eigenvalue weighted by Crippen LogP contribution is -1.96. The number of fused-ring (bicyclic) bond motifs is 13. The zero-order valence-corrected chi connectivity index (χ0v) is 24.6. The third-order valence-electron chi connectivity index (χ3n) is 9.34. The van der Waals surface area contributed by atoms with E-state index in [1.807, 2.05) is 11.3 Å². The second-order valence-electron chi connectivity index (χ2n) is 11.7. The van der Waals surface area contributed by atoms with Crippen molar-refractivity contribution in [3.8, 4) is 16.8 Å². The predicted octanol–water partition coefficient (Wildman–Crippen LogP) is 12.3. The molecule has 1 nitrogen and oxygen atoms in total. The summed E-state index contributed by atoms with van der Waals surface area (Å²) >= 11 is 1.92. The smallest absolute Gasteiger partial charge is 0.0726 e. The van der Waals surface area contributed by atoms with Gasteiger partial charge in [-0.15, -0.1) is 11.3 Å². The maximum atomic E-state index is 2.54. The van der Waals surface area contributed by atoms with Gasteiger partial charge in [-0.25, -0.2) is 0 Å². The van der Waals surface area contributed by atoms with Gasteiger partial charge in [-0.2, -0.15) is 0 Å². The van der Waals surface area contributed by atoms with Gasteiger partial charge in [-0.1, -0.05) is 127 Å². The minimum atomic E-state index is 1.19. The molecule has 0 aliphatic heterocycles. The molecule has 2 heteroatoms. The molecule has 0 atom stereocenters. The molecule has 204 valence electrons. The highest BCUT2D eigenvalue weighted by molar-refractivity contribution is 7.27. The molecule has 0 N–H and O–H groups in total. The minimum Gasteiger partial charge on any atom is -0.308 e. The minimum absolute atomic E-state index is 1.19.